The summed E-state index contributed by atoms with van der Waals surface area (Å²) >= 11 is 0. The Kier molecular flexibility index (Phi) is 4.80. The average molecular weight is 350 g/mol. The van der Waals surface area contributed by atoms with E-state index < -0.39 is 0 Å². The molecule has 2 N–H and O–H groups in total. The molecule has 0 unspecified atom stereocenters. The fourth-order valence-corrected chi connectivity index (χ4v) is 5.20. The first-order valence-corrected chi connectivity index (χ1v) is 9.04. The molecule has 4 aliphatic rings. The molecule has 0 amide bonds. The summed E-state index contributed by atoms with van der Waals surface area (Å²) in [5.41, 5.74) is 7.98. The third kappa shape index (κ3) is 2.72. The molecular weight excluding hydrogens is 320 g/mol. The monoisotopic (exact) mass is 349 g/mol. The van der Waals surface area contributed by atoms with Crippen molar-refractivity contribution >= 4 is 19.5 Å². The van der Waals surface area contributed by atoms with E-state index in [1.165, 1.54) is 12.0 Å². The lowest BCUT2D eigenvalue weighted by molar-refractivity contribution is -0.199. The number of hydrogen-bond donors (Lipinski definition) is 1. The second-order valence-electron chi connectivity index (χ2n) is 8.53. The molecule has 24 heavy (non-hydrogen) atoms. The van der Waals surface area contributed by atoms with Crippen LogP contribution in [0.1, 0.15) is 45.6 Å². The molecule has 1 heterocycles. The Hall–Kier alpha value is -0.545. The van der Waals surface area contributed by atoms with Crippen LogP contribution in [0.5, 0.6) is 0 Å². The summed E-state index contributed by atoms with van der Waals surface area (Å²) in [6.45, 7) is 7.03. The van der Waals surface area contributed by atoms with Crippen LogP contribution in [0.4, 0.5) is 0 Å². The van der Waals surface area contributed by atoms with Crippen molar-refractivity contribution in [2.45, 2.75) is 64.1 Å². The summed E-state index contributed by atoms with van der Waals surface area (Å²) < 4.78 is 12.7. The highest BCUT2D eigenvalue weighted by molar-refractivity contribution is 6.47. The fraction of sp³-hybridized carbons (Fsp3) is 0.684. The Balaban J connectivity index is 0.00000169. The lowest BCUT2D eigenvalue weighted by atomic mass is 9.43. The van der Waals surface area contributed by atoms with Crippen molar-refractivity contribution in [3.05, 3.63) is 35.9 Å². The van der Waals surface area contributed by atoms with Crippen LogP contribution in [0.2, 0.25) is 0 Å². The Morgan fingerprint density at radius 3 is 2.58 bits per heavy atom. The van der Waals surface area contributed by atoms with Crippen LogP contribution >= 0.6 is 12.4 Å². The number of rotatable bonds is 4. The van der Waals surface area contributed by atoms with Crippen LogP contribution in [-0.4, -0.2) is 24.8 Å². The predicted octanol–water partition coefficient (Wildman–Crippen LogP) is 3.64. The second-order valence-corrected chi connectivity index (χ2v) is 8.53. The topological polar surface area (TPSA) is 44.5 Å². The van der Waals surface area contributed by atoms with Gasteiger partial charge in [-0.25, -0.2) is 0 Å². The molecule has 5 atom stereocenters. The molecular formula is C19H29BClNO2. The first-order valence-electron chi connectivity index (χ1n) is 9.04. The van der Waals surface area contributed by atoms with Gasteiger partial charge in [0.05, 0.1) is 11.7 Å². The zero-order valence-electron chi connectivity index (χ0n) is 14.9. The summed E-state index contributed by atoms with van der Waals surface area (Å²) in [5.74, 6) is 1.33. The molecule has 0 aromatic heterocycles. The largest absolute Gasteiger partial charge is 0.475 e. The maximum absolute atomic E-state index is 6.44. The van der Waals surface area contributed by atoms with Gasteiger partial charge in [-0.05, 0) is 55.4 Å². The minimum atomic E-state index is -0.246. The Morgan fingerprint density at radius 2 is 1.92 bits per heavy atom. The van der Waals surface area contributed by atoms with Gasteiger partial charge >= 0.3 is 7.12 Å². The van der Waals surface area contributed by atoms with Crippen molar-refractivity contribution in [3.63, 3.8) is 0 Å². The lowest BCUT2D eigenvalue weighted by Crippen LogP contribution is -2.65. The SMILES string of the molecule is CC1(C)[C@@H]2C[C@H]3OB([C@@H](N)CCc4ccccc4)O[C@@]3(C)[C@H]1C2.Cl. The number of aryl methyl sites for hydroxylation is 1. The number of benzene rings is 1. The van der Waals surface area contributed by atoms with Gasteiger partial charge in [-0.3, -0.25) is 0 Å². The van der Waals surface area contributed by atoms with Gasteiger partial charge in [0.1, 0.15) is 0 Å². The van der Waals surface area contributed by atoms with Gasteiger partial charge < -0.3 is 15.0 Å². The first-order chi connectivity index (χ1) is 10.9. The van der Waals surface area contributed by atoms with E-state index in [1.54, 1.807) is 0 Å². The summed E-state index contributed by atoms with van der Waals surface area (Å²) in [6, 6.07) is 10.5. The Labute approximate surface area is 152 Å². The normalized spacial score (nSPS) is 37.2. The van der Waals surface area contributed by atoms with Crippen LogP contribution in [0, 0.1) is 17.3 Å². The summed E-state index contributed by atoms with van der Waals surface area (Å²) in [7, 11) is -0.246. The smallest absolute Gasteiger partial charge is 0.404 e. The molecule has 2 bridgehead atoms. The molecule has 1 saturated heterocycles. The van der Waals surface area contributed by atoms with Gasteiger partial charge in [-0.2, -0.15) is 0 Å². The van der Waals surface area contributed by atoms with Gasteiger partial charge in [-0.1, -0.05) is 44.2 Å². The van der Waals surface area contributed by atoms with Crippen LogP contribution in [0.3, 0.4) is 0 Å². The molecule has 1 aliphatic heterocycles. The zero-order valence-corrected chi connectivity index (χ0v) is 15.7. The van der Waals surface area contributed by atoms with Gasteiger partial charge in [0.25, 0.3) is 0 Å². The van der Waals surface area contributed by atoms with E-state index in [1.807, 2.05) is 6.07 Å². The van der Waals surface area contributed by atoms with Gasteiger partial charge in [-0.15, -0.1) is 12.4 Å². The first kappa shape index (κ1) is 18.3. The third-order valence-corrected chi connectivity index (χ3v) is 6.93. The summed E-state index contributed by atoms with van der Waals surface area (Å²) in [5, 5.41) is 0. The zero-order chi connectivity index (χ0) is 16.2. The van der Waals surface area contributed by atoms with Crippen LogP contribution < -0.4 is 5.73 Å². The number of hydrogen-bond acceptors (Lipinski definition) is 3. The van der Waals surface area contributed by atoms with E-state index in [9.17, 15) is 0 Å². The highest BCUT2D eigenvalue weighted by Gasteiger charge is 2.68. The van der Waals surface area contributed by atoms with Crippen molar-refractivity contribution in [3.8, 4) is 0 Å². The molecule has 3 nitrogen and oxygen atoms in total. The molecule has 0 spiro atoms. The summed E-state index contributed by atoms with van der Waals surface area (Å²) in [6.07, 6.45) is 4.52. The molecule has 132 valence electrons. The highest BCUT2D eigenvalue weighted by Crippen LogP contribution is 2.65. The highest BCUT2D eigenvalue weighted by atomic mass is 35.5. The van der Waals surface area contributed by atoms with Gasteiger partial charge in [0.15, 0.2) is 0 Å². The molecule has 1 aromatic rings. The maximum atomic E-state index is 6.44. The quantitative estimate of drug-likeness (QED) is 0.844. The minimum absolute atomic E-state index is 0. The van der Waals surface area contributed by atoms with Crippen molar-refractivity contribution in [1.82, 2.24) is 0 Å². The lowest BCUT2D eigenvalue weighted by Gasteiger charge is -2.64. The molecule has 5 heteroatoms. The van der Waals surface area contributed by atoms with E-state index in [0.717, 1.165) is 25.2 Å². The third-order valence-electron chi connectivity index (χ3n) is 6.93. The number of halogens is 1. The van der Waals surface area contributed by atoms with E-state index in [4.69, 9.17) is 15.0 Å². The van der Waals surface area contributed by atoms with Gasteiger partial charge in [0, 0.05) is 5.94 Å². The second kappa shape index (κ2) is 6.32. The Morgan fingerprint density at radius 1 is 1.21 bits per heavy atom. The van der Waals surface area contributed by atoms with Crippen LogP contribution in [0.25, 0.3) is 0 Å². The molecule has 3 saturated carbocycles. The van der Waals surface area contributed by atoms with E-state index in [-0.39, 0.29) is 37.2 Å². The molecule has 3 aliphatic carbocycles. The number of nitrogens with two attached hydrogens (primary N) is 1. The molecule has 4 fully saturated rings. The standard InChI is InChI=1S/C19H28BNO2.ClH/c1-18(2)14-11-15(18)19(3)16(12-14)22-20(23-19)17(21)10-9-13-7-5-4-6-8-13;/h4-8,14-17H,9-12,21H2,1-3H3;1H/t14-,15-,16+,17-,19-;/m0./s1. The van der Waals surface area contributed by atoms with Crippen molar-refractivity contribution in [2.24, 2.45) is 23.0 Å². The molecule has 1 aromatic carbocycles. The molecule has 5 rings (SSSR count). The van der Waals surface area contributed by atoms with E-state index in [0.29, 0.717) is 11.3 Å². The summed E-state index contributed by atoms with van der Waals surface area (Å²) in [4.78, 5) is 0. The Bertz CT molecular complexity index is 584. The molecule has 0 radical (unpaired) electrons. The van der Waals surface area contributed by atoms with Crippen LogP contribution in [0.15, 0.2) is 30.3 Å². The average Bonchev–Trinajstić information content (AvgIpc) is 2.90. The van der Waals surface area contributed by atoms with Crippen molar-refractivity contribution < 1.29 is 9.31 Å². The maximum Gasteiger partial charge on any atom is 0.475 e. The van der Waals surface area contributed by atoms with Crippen LogP contribution in [-0.2, 0) is 15.7 Å². The van der Waals surface area contributed by atoms with E-state index >= 15 is 0 Å². The fourth-order valence-electron chi connectivity index (χ4n) is 5.20. The van der Waals surface area contributed by atoms with Gasteiger partial charge in [0.2, 0.25) is 0 Å². The van der Waals surface area contributed by atoms with E-state index in [2.05, 4.69) is 45.0 Å². The predicted molar refractivity (Wildman–Crippen MR) is 100 cm³/mol. The van der Waals surface area contributed by atoms with Crippen molar-refractivity contribution in [2.75, 3.05) is 0 Å². The minimum Gasteiger partial charge on any atom is -0.404 e. The van der Waals surface area contributed by atoms with Crippen molar-refractivity contribution in [1.29, 1.82) is 0 Å².